The van der Waals surface area contributed by atoms with Gasteiger partial charge in [0.25, 0.3) is 5.91 Å². The van der Waals surface area contributed by atoms with Gasteiger partial charge in [0.05, 0.1) is 10.9 Å². The van der Waals surface area contributed by atoms with Crippen LogP contribution >= 0.6 is 11.6 Å². The fourth-order valence-corrected chi connectivity index (χ4v) is 10.8. The number of hydrogen-bond donors (Lipinski definition) is 1. The highest BCUT2D eigenvalue weighted by molar-refractivity contribution is 7.90. The van der Waals surface area contributed by atoms with Crippen LogP contribution in [0, 0.1) is 23.7 Å². The Kier molecular flexibility index (Phi) is 11.6. The molecule has 0 aromatic heterocycles. The highest BCUT2D eigenvalue weighted by atomic mass is 35.5. The molecule has 0 radical (unpaired) electrons. The van der Waals surface area contributed by atoms with Crippen molar-refractivity contribution >= 4 is 33.2 Å². The Morgan fingerprint density at radius 2 is 1.81 bits per heavy atom. The van der Waals surface area contributed by atoms with Crippen molar-refractivity contribution in [3.8, 4) is 5.75 Å². The van der Waals surface area contributed by atoms with Gasteiger partial charge in [-0.05, 0) is 131 Å². The molecule has 53 heavy (non-hydrogen) atoms. The van der Waals surface area contributed by atoms with E-state index in [-0.39, 0.29) is 5.92 Å². The van der Waals surface area contributed by atoms with Crippen LogP contribution in [-0.2, 0) is 27.8 Å². The number of rotatable bonds is 5. The maximum Gasteiger partial charge on any atom is 0.264 e. The van der Waals surface area contributed by atoms with Crippen LogP contribution in [0.3, 0.4) is 0 Å². The molecule has 3 fully saturated rings. The molecule has 7 rings (SSSR count). The van der Waals surface area contributed by atoms with Gasteiger partial charge >= 0.3 is 0 Å². The molecule has 4 heterocycles. The fraction of sp³-hybridized carbons (Fsp3) is 0.643. The fourth-order valence-electron chi connectivity index (χ4n) is 9.35. The predicted octanol–water partition coefficient (Wildman–Crippen LogP) is 6.93. The summed E-state index contributed by atoms with van der Waals surface area (Å²) in [6, 6.07) is 12.5. The SMILES string of the molecule is CO[C@]1(CN2CCC2C2CN(C(C)C)C2)/C=C/C[C@H](C)[C@@H](C)S(=O)(=O)NC(=O)c2ccc3c(c2)N(CCCCc2cc(Cl)ccc2CO3)C[C@@H]2CC[C@H]21. The van der Waals surface area contributed by atoms with Crippen LogP contribution in [0.4, 0.5) is 5.69 Å². The van der Waals surface area contributed by atoms with Gasteiger partial charge in [-0.3, -0.25) is 9.69 Å². The molecule has 1 amide bonds. The van der Waals surface area contributed by atoms with Crippen LogP contribution in [0.5, 0.6) is 5.75 Å². The average Bonchev–Trinajstić information content (AvgIpc) is 3.11. The topological polar surface area (TPSA) is 91.4 Å². The summed E-state index contributed by atoms with van der Waals surface area (Å²) in [6.07, 6.45) is 11.3. The molecule has 0 spiro atoms. The van der Waals surface area contributed by atoms with Gasteiger partial charge in [-0.25, -0.2) is 13.1 Å². The minimum atomic E-state index is -3.95. The van der Waals surface area contributed by atoms with Gasteiger partial charge in [0.15, 0.2) is 0 Å². The number of nitrogens with zero attached hydrogens (tertiary/aromatic N) is 3. The molecule has 4 aliphatic heterocycles. The Morgan fingerprint density at radius 1 is 1.00 bits per heavy atom. The number of nitrogens with one attached hydrogen (secondary N) is 1. The van der Waals surface area contributed by atoms with E-state index in [1.54, 1.807) is 13.0 Å². The molecule has 5 aliphatic rings. The number of amides is 1. The predicted molar refractivity (Wildman–Crippen MR) is 212 cm³/mol. The molecule has 2 aromatic carbocycles. The number of allylic oxidation sites excluding steroid dienone is 1. The molecule has 9 nitrogen and oxygen atoms in total. The van der Waals surface area contributed by atoms with Crippen LogP contribution < -0.4 is 14.4 Å². The van der Waals surface area contributed by atoms with Crippen molar-refractivity contribution in [2.24, 2.45) is 23.7 Å². The van der Waals surface area contributed by atoms with Gasteiger partial charge < -0.3 is 19.3 Å². The van der Waals surface area contributed by atoms with E-state index in [9.17, 15) is 13.2 Å². The second-order valence-corrected chi connectivity index (χ2v) is 19.3. The summed E-state index contributed by atoms with van der Waals surface area (Å²) in [7, 11) is -2.08. The lowest BCUT2D eigenvalue weighted by Gasteiger charge is -2.57. The second kappa shape index (κ2) is 15.8. The van der Waals surface area contributed by atoms with Gasteiger partial charge in [0, 0.05) is 69.0 Å². The van der Waals surface area contributed by atoms with E-state index in [1.807, 2.05) is 44.4 Å². The maximum absolute atomic E-state index is 13.6. The van der Waals surface area contributed by atoms with E-state index >= 15 is 0 Å². The number of carbonyl (C=O) groups is 1. The van der Waals surface area contributed by atoms with Crippen LogP contribution in [0.1, 0.15) is 87.7 Å². The first-order valence-corrected chi connectivity index (χ1v) is 21.9. The van der Waals surface area contributed by atoms with Crippen molar-refractivity contribution in [1.82, 2.24) is 14.5 Å². The number of fused-ring (bicyclic) bond motifs is 3. The summed E-state index contributed by atoms with van der Waals surface area (Å²) >= 11 is 6.41. The zero-order valence-corrected chi connectivity index (χ0v) is 33.8. The average molecular weight is 767 g/mol. The van der Waals surface area contributed by atoms with Gasteiger partial charge in [0.1, 0.15) is 18.0 Å². The summed E-state index contributed by atoms with van der Waals surface area (Å²) < 4.78 is 42.9. The molecule has 1 unspecified atom stereocenters. The van der Waals surface area contributed by atoms with Crippen LogP contribution in [0.25, 0.3) is 0 Å². The number of methoxy groups -OCH3 is 1. The smallest absolute Gasteiger partial charge is 0.264 e. The van der Waals surface area contributed by atoms with E-state index in [0.29, 0.717) is 54.2 Å². The van der Waals surface area contributed by atoms with Crippen molar-refractivity contribution in [1.29, 1.82) is 0 Å². The van der Waals surface area contributed by atoms with Crippen LogP contribution in [0.2, 0.25) is 5.02 Å². The highest BCUT2D eigenvalue weighted by Gasteiger charge is 2.51. The van der Waals surface area contributed by atoms with E-state index in [4.69, 9.17) is 21.1 Å². The van der Waals surface area contributed by atoms with Gasteiger partial charge in [-0.2, -0.15) is 0 Å². The van der Waals surface area contributed by atoms with Crippen molar-refractivity contribution < 1.29 is 22.7 Å². The third-order valence-corrected chi connectivity index (χ3v) is 15.5. The van der Waals surface area contributed by atoms with E-state index in [2.05, 4.69) is 45.4 Å². The Hall–Kier alpha value is -2.63. The van der Waals surface area contributed by atoms with E-state index in [0.717, 1.165) is 87.6 Å². The molecular weight excluding hydrogens is 708 g/mol. The number of anilines is 1. The monoisotopic (exact) mass is 766 g/mol. The molecule has 290 valence electrons. The molecule has 6 atom stereocenters. The standard InChI is InChI=1S/C42H59ClN4O5S/c1-28(2)47-24-35(25-47)38-17-20-46(38)27-42(51-5)18-8-9-29(3)30(4)53(49,50)44-41(48)32-13-16-40-39(22-32)45(23-33-12-15-37(33)42)19-7-6-10-31-21-36(43)14-11-34(31)26-52-40/h8,11,13-14,16,18,21-22,28-30,33,35,37-38H,6-7,9-10,12,15,17,19-20,23-27H2,1-5H3,(H,44,48)/b18-8+/t29-,30+,33-,37+,38?,42-/m0/s1. The number of aryl methyl sites for hydroxylation is 1. The van der Waals surface area contributed by atoms with Crippen LogP contribution in [0.15, 0.2) is 48.6 Å². The van der Waals surface area contributed by atoms with Gasteiger partial charge in [0.2, 0.25) is 10.0 Å². The molecule has 2 aromatic rings. The number of halogens is 1. The Labute approximate surface area is 322 Å². The molecule has 1 aliphatic carbocycles. The molecule has 1 saturated carbocycles. The van der Waals surface area contributed by atoms with Gasteiger partial charge in [-0.15, -0.1) is 0 Å². The summed E-state index contributed by atoms with van der Waals surface area (Å²) in [4.78, 5) is 21.3. The Balaban J connectivity index is 1.23. The first-order valence-electron chi connectivity index (χ1n) is 19.9. The largest absolute Gasteiger partial charge is 0.487 e. The summed E-state index contributed by atoms with van der Waals surface area (Å²) in [6.45, 7) is 14.4. The van der Waals surface area contributed by atoms with Crippen molar-refractivity contribution in [2.75, 3.05) is 51.3 Å². The molecule has 2 bridgehead atoms. The zero-order chi connectivity index (χ0) is 37.5. The maximum atomic E-state index is 13.6. The molecule has 11 heteroatoms. The van der Waals surface area contributed by atoms with Crippen molar-refractivity contribution in [3.63, 3.8) is 0 Å². The quantitative estimate of drug-likeness (QED) is 0.328. The van der Waals surface area contributed by atoms with E-state index in [1.165, 1.54) is 12.0 Å². The summed E-state index contributed by atoms with van der Waals surface area (Å²) in [5.41, 5.74) is 2.93. The number of likely N-dealkylation sites (tertiary alicyclic amines) is 2. The summed E-state index contributed by atoms with van der Waals surface area (Å²) in [5.74, 6) is 1.22. The lowest BCUT2D eigenvalue weighted by atomic mass is 9.63. The third-order valence-electron chi connectivity index (χ3n) is 13.4. The Morgan fingerprint density at radius 3 is 2.51 bits per heavy atom. The highest BCUT2D eigenvalue weighted by Crippen LogP contribution is 2.48. The number of carbonyl (C=O) groups excluding carboxylic acids is 1. The summed E-state index contributed by atoms with van der Waals surface area (Å²) in [5, 5.41) is -0.0474. The normalized spacial score (nSPS) is 32.1. The number of ether oxygens (including phenoxy) is 2. The molecule has 2 saturated heterocycles. The van der Waals surface area contributed by atoms with Crippen molar-refractivity contribution in [3.05, 3.63) is 70.3 Å². The van der Waals surface area contributed by atoms with Gasteiger partial charge in [-0.1, -0.05) is 36.7 Å². The second-order valence-electron chi connectivity index (χ2n) is 16.8. The first kappa shape index (κ1) is 38.6. The van der Waals surface area contributed by atoms with Crippen molar-refractivity contribution in [2.45, 2.75) is 102 Å². The lowest BCUT2D eigenvalue weighted by Crippen LogP contribution is -2.66. The molecule has 1 N–H and O–H groups in total. The zero-order valence-electron chi connectivity index (χ0n) is 32.2. The Bertz CT molecular complexity index is 1780. The number of benzene rings is 2. The van der Waals surface area contributed by atoms with E-state index < -0.39 is 26.8 Å². The minimum absolute atomic E-state index is 0.209. The third kappa shape index (κ3) is 8.04. The van der Waals surface area contributed by atoms with Crippen LogP contribution in [-0.4, -0.2) is 93.4 Å². The number of hydrogen-bond acceptors (Lipinski definition) is 8. The molecular formula is C42H59ClN4O5S. The minimum Gasteiger partial charge on any atom is -0.487 e. The number of sulfonamides is 1. The first-order chi connectivity index (χ1) is 25.4. The lowest BCUT2D eigenvalue weighted by molar-refractivity contribution is -0.125.